The van der Waals surface area contributed by atoms with Gasteiger partial charge in [0.1, 0.15) is 0 Å². The zero-order chi connectivity index (χ0) is 16.7. The van der Waals surface area contributed by atoms with Crippen molar-refractivity contribution in [2.75, 3.05) is 26.6 Å². The van der Waals surface area contributed by atoms with Crippen molar-refractivity contribution in [3.8, 4) is 17.4 Å². The van der Waals surface area contributed by atoms with Crippen LogP contribution in [0.1, 0.15) is 5.69 Å². The number of hydrogen-bond acceptors (Lipinski definition) is 5. The summed E-state index contributed by atoms with van der Waals surface area (Å²) >= 11 is 0. The minimum absolute atomic E-state index is 0. The lowest BCUT2D eigenvalue weighted by atomic mass is 10.3. The molecule has 1 aromatic heterocycles. The highest BCUT2D eigenvalue weighted by molar-refractivity contribution is 14.0. The highest BCUT2D eigenvalue weighted by Crippen LogP contribution is 2.29. The van der Waals surface area contributed by atoms with Crippen molar-refractivity contribution in [1.29, 1.82) is 0 Å². The summed E-state index contributed by atoms with van der Waals surface area (Å²) in [6.07, 6.45) is 0. The molecule has 0 saturated heterocycles. The fourth-order valence-electron chi connectivity index (χ4n) is 1.93. The molecule has 0 amide bonds. The van der Waals surface area contributed by atoms with E-state index in [-0.39, 0.29) is 29.9 Å². The van der Waals surface area contributed by atoms with Gasteiger partial charge in [-0.05, 0) is 18.2 Å². The summed E-state index contributed by atoms with van der Waals surface area (Å²) in [7, 11) is 4.73. The van der Waals surface area contributed by atoms with Gasteiger partial charge in [-0.15, -0.1) is 24.0 Å². The van der Waals surface area contributed by atoms with Crippen LogP contribution in [0.15, 0.2) is 41.4 Å². The molecule has 0 fully saturated rings. The van der Waals surface area contributed by atoms with Crippen molar-refractivity contribution in [2.45, 2.75) is 6.54 Å². The topological polar surface area (TPSA) is 91.0 Å². The van der Waals surface area contributed by atoms with Crippen LogP contribution in [0, 0.1) is 0 Å². The zero-order valence-corrected chi connectivity index (χ0v) is 16.1. The summed E-state index contributed by atoms with van der Waals surface area (Å²) in [6.45, 7) is 0.351. The molecule has 130 valence electrons. The van der Waals surface area contributed by atoms with Gasteiger partial charge in [0.2, 0.25) is 5.88 Å². The Hall–Kier alpha value is -2.23. The van der Waals surface area contributed by atoms with E-state index in [1.54, 1.807) is 39.5 Å². The SMILES string of the molecule is COc1cccc(CN=C(N)Nc2ccc(OC)c(OC)c2)n1.I. The predicted octanol–water partition coefficient (Wildman–Crippen LogP) is 2.65. The second-order valence-electron chi connectivity index (χ2n) is 4.57. The van der Waals surface area contributed by atoms with Gasteiger partial charge in [-0.3, -0.25) is 0 Å². The van der Waals surface area contributed by atoms with E-state index in [2.05, 4.69) is 15.3 Å². The molecular weight excluding hydrogens is 423 g/mol. The number of rotatable bonds is 6. The van der Waals surface area contributed by atoms with E-state index < -0.39 is 0 Å². The number of anilines is 1. The molecule has 2 aromatic rings. The Balaban J connectivity index is 0.00000288. The van der Waals surface area contributed by atoms with Crippen LogP contribution < -0.4 is 25.3 Å². The molecule has 7 nitrogen and oxygen atoms in total. The van der Waals surface area contributed by atoms with Crippen LogP contribution in [0.4, 0.5) is 5.69 Å². The maximum Gasteiger partial charge on any atom is 0.213 e. The van der Waals surface area contributed by atoms with E-state index in [1.807, 2.05) is 18.2 Å². The molecule has 0 bridgehead atoms. The van der Waals surface area contributed by atoms with Crippen molar-refractivity contribution in [3.05, 3.63) is 42.1 Å². The fourth-order valence-corrected chi connectivity index (χ4v) is 1.93. The predicted molar refractivity (Wildman–Crippen MR) is 105 cm³/mol. The van der Waals surface area contributed by atoms with Gasteiger partial charge in [0.25, 0.3) is 0 Å². The normalized spacial score (nSPS) is 10.5. The lowest BCUT2D eigenvalue weighted by Crippen LogP contribution is -2.22. The Morgan fingerprint density at radius 1 is 1.08 bits per heavy atom. The molecule has 0 aliphatic rings. The smallest absolute Gasteiger partial charge is 0.213 e. The number of hydrogen-bond donors (Lipinski definition) is 2. The summed E-state index contributed by atoms with van der Waals surface area (Å²) in [5.41, 5.74) is 7.41. The number of pyridine rings is 1. The average Bonchev–Trinajstić information content (AvgIpc) is 2.60. The first-order valence-corrected chi connectivity index (χ1v) is 6.95. The Bertz CT molecular complexity index is 695. The minimum atomic E-state index is 0. The number of nitrogens with zero attached hydrogens (tertiary/aromatic N) is 2. The van der Waals surface area contributed by atoms with Crippen LogP contribution in [-0.2, 0) is 6.54 Å². The van der Waals surface area contributed by atoms with Crippen molar-refractivity contribution in [1.82, 2.24) is 4.98 Å². The number of benzene rings is 1. The van der Waals surface area contributed by atoms with Gasteiger partial charge in [0.05, 0.1) is 33.6 Å². The Kier molecular flexibility index (Phi) is 8.10. The summed E-state index contributed by atoms with van der Waals surface area (Å²) < 4.78 is 15.5. The lowest BCUT2D eigenvalue weighted by molar-refractivity contribution is 0.355. The number of aliphatic imine (C=N–C) groups is 1. The standard InChI is InChI=1S/C16H20N4O3.HI/c1-21-13-8-7-11(9-14(13)22-2)20-16(17)18-10-12-5-4-6-15(19-12)23-3;/h4-9H,10H2,1-3H3,(H3,17,18,20);1H. The Morgan fingerprint density at radius 3 is 2.50 bits per heavy atom. The van der Waals surface area contributed by atoms with Crippen LogP contribution in [0.5, 0.6) is 17.4 Å². The molecule has 0 aliphatic heterocycles. The first-order valence-electron chi connectivity index (χ1n) is 6.95. The van der Waals surface area contributed by atoms with Crippen LogP contribution >= 0.6 is 24.0 Å². The number of ether oxygens (including phenoxy) is 3. The third-order valence-electron chi connectivity index (χ3n) is 3.06. The lowest BCUT2D eigenvalue weighted by Gasteiger charge is -2.11. The van der Waals surface area contributed by atoms with Crippen molar-refractivity contribution in [3.63, 3.8) is 0 Å². The maximum atomic E-state index is 5.89. The quantitative estimate of drug-likeness (QED) is 0.405. The monoisotopic (exact) mass is 444 g/mol. The first-order chi connectivity index (χ1) is 11.2. The van der Waals surface area contributed by atoms with Gasteiger partial charge in [0.15, 0.2) is 17.5 Å². The second-order valence-corrected chi connectivity index (χ2v) is 4.57. The number of nitrogens with two attached hydrogens (primary N) is 1. The zero-order valence-electron chi connectivity index (χ0n) is 13.8. The van der Waals surface area contributed by atoms with Gasteiger partial charge < -0.3 is 25.3 Å². The van der Waals surface area contributed by atoms with Crippen LogP contribution in [0.3, 0.4) is 0 Å². The molecule has 1 aromatic carbocycles. The van der Waals surface area contributed by atoms with E-state index in [1.165, 1.54) is 0 Å². The maximum absolute atomic E-state index is 5.89. The van der Waals surface area contributed by atoms with E-state index in [0.717, 1.165) is 11.4 Å². The highest BCUT2D eigenvalue weighted by atomic mass is 127. The van der Waals surface area contributed by atoms with E-state index in [9.17, 15) is 0 Å². The number of aromatic nitrogens is 1. The molecule has 0 spiro atoms. The van der Waals surface area contributed by atoms with Gasteiger partial charge in [-0.1, -0.05) is 6.07 Å². The molecule has 0 radical (unpaired) electrons. The van der Waals surface area contributed by atoms with Gasteiger partial charge >= 0.3 is 0 Å². The fraction of sp³-hybridized carbons (Fsp3) is 0.250. The first kappa shape index (κ1) is 19.8. The van der Waals surface area contributed by atoms with Crippen molar-refractivity contribution in [2.24, 2.45) is 10.7 Å². The van der Waals surface area contributed by atoms with Crippen LogP contribution in [0.2, 0.25) is 0 Å². The minimum Gasteiger partial charge on any atom is -0.493 e. The Morgan fingerprint density at radius 2 is 1.83 bits per heavy atom. The Labute approximate surface area is 158 Å². The molecule has 24 heavy (non-hydrogen) atoms. The van der Waals surface area contributed by atoms with E-state index in [0.29, 0.717) is 23.9 Å². The third kappa shape index (κ3) is 5.44. The average molecular weight is 444 g/mol. The molecule has 0 aliphatic carbocycles. The summed E-state index contributed by atoms with van der Waals surface area (Å²) in [5.74, 6) is 2.08. The van der Waals surface area contributed by atoms with Crippen molar-refractivity contribution < 1.29 is 14.2 Å². The van der Waals surface area contributed by atoms with Gasteiger partial charge in [-0.25, -0.2) is 9.98 Å². The van der Waals surface area contributed by atoms with Crippen LogP contribution in [0.25, 0.3) is 0 Å². The largest absolute Gasteiger partial charge is 0.493 e. The molecule has 3 N–H and O–H groups in total. The van der Waals surface area contributed by atoms with Gasteiger partial charge in [-0.2, -0.15) is 0 Å². The summed E-state index contributed by atoms with van der Waals surface area (Å²) in [4.78, 5) is 8.53. The second kappa shape index (κ2) is 9.81. The molecule has 0 unspecified atom stereocenters. The molecule has 2 rings (SSSR count). The van der Waals surface area contributed by atoms with E-state index in [4.69, 9.17) is 19.9 Å². The highest BCUT2D eigenvalue weighted by Gasteiger charge is 2.05. The molecule has 0 atom stereocenters. The van der Waals surface area contributed by atoms with Crippen LogP contribution in [-0.4, -0.2) is 32.3 Å². The summed E-state index contributed by atoms with van der Waals surface area (Å²) in [6, 6.07) is 10.9. The molecule has 8 heteroatoms. The number of methoxy groups -OCH3 is 3. The third-order valence-corrected chi connectivity index (χ3v) is 3.06. The number of guanidine groups is 1. The number of halogens is 1. The number of nitrogens with one attached hydrogen (secondary N) is 1. The van der Waals surface area contributed by atoms with Gasteiger partial charge in [0, 0.05) is 17.8 Å². The summed E-state index contributed by atoms with van der Waals surface area (Å²) in [5, 5.41) is 3.00. The molecular formula is C16H21IN4O3. The molecule has 1 heterocycles. The molecule has 0 saturated carbocycles. The van der Waals surface area contributed by atoms with Crippen molar-refractivity contribution >= 4 is 35.6 Å². The van der Waals surface area contributed by atoms with E-state index >= 15 is 0 Å².